The highest BCUT2D eigenvalue weighted by Crippen LogP contribution is 2.39. The van der Waals surface area contributed by atoms with Gasteiger partial charge in [0, 0.05) is 43.5 Å². The molecule has 1 unspecified atom stereocenters. The van der Waals surface area contributed by atoms with Crippen LogP contribution in [0, 0.1) is 0 Å². The minimum atomic E-state index is -0.824. The Bertz CT molecular complexity index is 954. The molecule has 5 rings (SSSR count). The van der Waals surface area contributed by atoms with Crippen molar-refractivity contribution >= 4 is 5.96 Å². The zero-order valence-electron chi connectivity index (χ0n) is 17.3. The van der Waals surface area contributed by atoms with E-state index >= 15 is 0 Å². The van der Waals surface area contributed by atoms with Crippen molar-refractivity contribution in [3.8, 4) is 0 Å². The number of piperidine rings is 1. The van der Waals surface area contributed by atoms with Crippen molar-refractivity contribution in [1.82, 2.24) is 25.1 Å². The topological polar surface area (TPSA) is 112 Å². The van der Waals surface area contributed by atoms with Gasteiger partial charge in [0.2, 0.25) is 0 Å². The van der Waals surface area contributed by atoms with E-state index in [1.807, 2.05) is 0 Å². The molecule has 1 aromatic heterocycles. The lowest BCUT2D eigenvalue weighted by molar-refractivity contribution is 0.103. The SMILES string of the molecule is NC1=CNC(N)=NC1(c1ccc(CN2CCCCC2)cc1)N1CCc2[nH]cnc2C1. The molecule has 0 radical (unpaired) electrons. The Morgan fingerprint density at radius 1 is 1.03 bits per heavy atom. The Morgan fingerprint density at radius 2 is 1.83 bits per heavy atom. The van der Waals surface area contributed by atoms with Crippen molar-refractivity contribution in [1.29, 1.82) is 0 Å². The second-order valence-electron chi connectivity index (χ2n) is 8.45. The van der Waals surface area contributed by atoms with Gasteiger partial charge in [-0.3, -0.25) is 9.80 Å². The molecule has 1 atom stereocenters. The first-order chi connectivity index (χ1) is 14.6. The number of nitrogens with zero attached hydrogens (tertiary/aromatic N) is 4. The molecule has 1 saturated heterocycles. The number of aromatic nitrogens is 2. The van der Waals surface area contributed by atoms with Crippen LogP contribution >= 0.6 is 0 Å². The highest BCUT2D eigenvalue weighted by molar-refractivity contribution is 5.81. The lowest BCUT2D eigenvalue weighted by Crippen LogP contribution is -2.54. The lowest BCUT2D eigenvalue weighted by Gasteiger charge is -2.44. The van der Waals surface area contributed by atoms with E-state index in [0.29, 0.717) is 18.2 Å². The summed E-state index contributed by atoms with van der Waals surface area (Å²) < 4.78 is 0. The van der Waals surface area contributed by atoms with Crippen molar-refractivity contribution in [2.24, 2.45) is 16.5 Å². The maximum Gasteiger partial charge on any atom is 0.195 e. The summed E-state index contributed by atoms with van der Waals surface area (Å²) in [5, 5.41) is 2.96. The highest BCUT2D eigenvalue weighted by atomic mass is 15.4. The molecular formula is C22H30N8. The fraction of sp³-hybridized carbons (Fsp3) is 0.455. The molecule has 158 valence electrons. The molecular weight excluding hydrogens is 376 g/mol. The first-order valence-electron chi connectivity index (χ1n) is 10.8. The maximum absolute atomic E-state index is 6.58. The van der Waals surface area contributed by atoms with Crippen molar-refractivity contribution in [3.05, 3.63) is 65.0 Å². The van der Waals surface area contributed by atoms with Crippen LogP contribution in [0.5, 0.6) is 0 Å². The number of aromatic amines is 1. The number of rotatable bonds is 4. The third kappa shape index (κ3) is 3.36. The molecule has 8 heteroatoms. The molecule has 0 saturated carbocycles. The molecule has 30 heavy (non-hydrogen) atoms. The number of nitrogens with two attached hydrogens (primary N) is 2. The largest absolute Gasteiger partial charge is 0.397 e. The molecule has 0 spiro atoms. The molecule has 0 aliphatic carbocycles. The average molecular weight is 407 g/mol. The first-order valence-corrected chi connectivity index (χ1v) is 10.8. The van der Waals surface area contributed by atoms with Crippen LogP contribution in [0.25, 0.3) is 0 Å². The van der Waals surface area contributed by atoms with Gasteiger partial charge < -0.3 is 21.8 Å². The molecule has 8 nitrogen and oxygen atoms in total. The van der Waals surface area contributed by atoms with Crippen LogP contribution in [0.1, 0.15) is 41.8 Å². The number of likely N-dealkylation sites (tertiary alicyclic amines) is 1. The Labute approximate surface area is 177 Å². The van der Waals surface area contributed by atoms with Crippen LogP contribution in [-0.4, -0.2) is 45.4 Å². The average Bonchev–Trinajstić information content (AvgIpc) is 3.25. The van der Waals surface area contributed by atoms with E-state index in [4.69, 9.17) is 16.5 Å². The van der Waals surface area contributed by atoms with E-state index < -0.39 is 5.66 Å². The number of nitrogens with one attached hydrogen (secondary N) is 2. The number of H-pyrrole nitrogens is 1. The normalized spacial score (nSPS) is 25.2. The van der Waals surface area contributed by atoms with Gasteiger partial charge >= 0.3 is 0 Å². The van der Waals surface area contributed by atoms with Gasteiger partial charge in [-0.05, 0) is 31.5 Å². The summed E-state index contributed by atoms with van der Waals surface area (Å²) >= 11 is 0. The number of aliphatic imine (C=N–C) groups is 1. The van der Waals surface area contributed by atoms with E-state index in [2.05, 4.69) is 49.4 Å². The van der Waals surface area contributed by atoms with Crippen molar-refractivity contribution in [2.75, 3.05) is 19.6 Å². The van der Waals surface area contributed by atoms with Gasteiger partial charge in [-0.15, -0.1) is 0 Å². The monoisotopic (exact) mass is 406 g/mol. The predicted molar refractivity (Wildman–Crippen MR) is 117 cm³/mol. The van der Waals surface area contributed by atoms with Crippen LogP contribution in [-0.2, 0) is 25.2 Å². The van der Waals surface area contributed by atoms with Gasteiger partial charge in [0.15, 0.2) is 11.6 Å². The molecule has 2 aromatic rings. The van der Waals surface area contributed by atoms with Gasteiger partial charge in [-0.25, -0.2) is 9.98 Å². The van der Waals surface area contributed by atoms with Crippen LogP contribution in [0.4, 0.5) is 0 Å². The third-order valence-corrected chi connectivity index (χ3v) is 6.51. The van der Waals surface area contributed by atoms with Crippen LogP contribution < -0.4 is 16.8 Å². The summed E-state index contributed by atoms with van der Waals surface area (Å²) in [5.74, 6) is 0.370. The first kappa shape index (κ1) is 19.1. The van der Waals surface area contributed by atoms with E-state index in [9.17, 15) is 0 Å². The second-order valence-corrected chi connectivity index (χ2v) is 8.45. The number of guanidine groups is 1. The minimum absolute atomic E-state index is 0.370. The van der Waals surface area contributed by atoms with E-state index in [-0.39, 0.29) is 0 Å². The summed E-state index contributed by atoms with van der Waals surface area (Å²) in [4.78, 5) is 17.4. The fourth-order valence-electron chi connectivity index (χ4n) is 4.89. The van der Waals surface area contributed by atoms with Crippen LogP contribution in [0.3, 0.4) is 0 Å². The molecule has 4 heterocycles. The van der Waals surface area contributed by atoms with E-state index in [0.717, 1.165) is 30.8 Å². The summed E-state index contributed by atoms with van der Waals surface area (Å²) in [5.41, 5.74) is 17.1. The van der Waals surface area contributed by atoms with Crippen molar-refractivity contribution in [3.63, 3.8) is 0 Å². The van der Waals surface area contributed by atoms with Crippen LogP contribution in [0.2, 0.25) is 0 Å². The lowest BCUT2D eigenvalue weighted by atomic mass is 9.91. The molecule has 0 amide bonds. The Hall–Kier alpha value is -2.84. The van der Waals surface area contributed by atoms with Gasteiger partial charge in [0.1, 0.15) is 0 Å². The maximum atomic E-state index is 6.58. The van der Waals surface area contributed by atoms with Crippen molar-refractivity contribution < 1.29 is 0 Å². The third-order valence-electron chi connectivity index (χ3n) is 6.51. The molecule has 1 aromatic carbocycles. The number of benzene rings is 1. The standard InChI is InChI=1S/C22H30N8/c23-20-12-25-21(24)28-22(20,30-11-8-18-19(14-30)27-15-26-18)17-6-4-16(5-7-17)13-29-9-2-1-3-10-29/h4-7,12,15H,1-3,8-11,13-14,23H2,(H,26,27)(H3,24,25,28). The number of hydrogen-bond donors (Lipinski definition) is 4. The van der Waals surface area contributed by atoms with Gasteiger partial charge in [0.25, 0.3) is 0 Å². The summed E-state index contributed by atoms with van der Waals surface area (Å²) in [6.45, 7) is 4.85. The Morgan fingerprint density at radius 3 is 2.63 bits per heavy atom. The Kier molecular flexibility index (Phi) is 4.96. The predicted octanol–water partition coefficient (Wildman–Crippen LogP) is 1.32. The Balaban J connectivity index is 1.47. The molecule has 6 N–H and O–H groups in total. The second kappa shape index (κ2) is 7.77. The zero-order valence-corrected chi connectivity index (χ0v) is 17.3. The van der Waals surface area contributed by atoms with Crippen LogP contribution in [0.15, 0.2) is 47.5 Å². The summed E-state index contributed by atoms with van der Waals surface area (Å²) in [6, 6.07) is 8.72. The quantitative estimate of drug-likeness (QED) is 0.609. The van der Waals surface area contributed by atoms with Gasteiger partial charge in [-0.1, -0.05) is 30.7 Å². The highest BCUT2D eigenvalue weighted by Gasteiger charge is 2.44. The number of imidazole rings is 1. The zero-order chi connectivity index (χ0) is 20.6. The number of fused-ring (bicyclic) bond motifs is 1. The molecule has 3 aliphatic heterocycles. The van der Waals surface area contributed by atoms with E-state index in [1.165, 1.54) is 43.6 Å². The van der Waals surface area contributed by atoms with Gasteiger partial charge in [-0.2, -0.15) is 0 Å². The fourth-order valence-corrected chi connectivity index (χ4v) is 4.89. The summed E-state index contributed by atoms with van der Waals surface area (Å²) in [6.07, 6.45) is 8.35. The smallest absolute Gasteiger partial charge is 0.195 e. The van der Waals surface area contributed by atoms with Crippen molar-refractivity contribution in [2.45, 2.75) is 44.4 Å². The molecule has 3 aliphatic rings. The molecule has 0 bridgehead atoms. The van der Waals surface area contributed by atoms with Gasteiger partial charge in [0.05, 0.1) is 17.7 Å². The number of hydrogen-bond acceptors (Lipinski definition) is 7. The van der Waals surface area contributed by atoms with E-state index in [1.54, 1.807) is 12.5 Å². The minimum Gasteiger partial charge on any atom is -0.397 e. The summed E-state index contributed by atoms with van der Waals surface area (Å²) in [7, 11) is 0. The molecule has 1 fully saturated rings.